The zero-order chi connectivity index (χ0) is 12.3. The Hall–Kier alpha value is -1.30. The van der Waals surface area contributed by atoms with Crippen molar-refractivity contribution in [2.75, 3.05) is 6.61 Å². The lowest BCUT2D eigenvalue weighted by Crippen LogP contribution is -2.50. The number of nitrogens with one attached hydrogen (secondary N) is 3. The van der Waals surface area contributed by atoms with Gasteiger partial charge in [-0.25, -0.2) is 10.2 Å². The van der Waals surface area contributed by atoms with E-state index in [1.807, 2.05) is 0 Å². The largest absolute Gasteiger partial charge is 0.449 e. The van der Waals surface area contributed by atoms with Gasteiger partial charge in [0.05, 0.1) is 6.61 Å². The zero-order valence-corrected chi connectivity index (χ0v) is 10.5. The van der Waals surface area contributed by atoms with E-state index in [2.05, 4.69) is 28.3 Å². The van der Waals surface area contributed by atoms with Crippen LogP contribution in [0.3, 0.4) is 0 Å². The highest BCUT2D eigenvalue weighted by Crippen LogP contribution is 2.38. The van der Waals surface area contributed by atoms with Crippen molar-refractivity contribution < 1.29 is 9.53 Å². The van der Waals surface area contributed by atoms with Crippen molar-refractivity contribution in [3.63, 3.8) is 0 Å². The van der Waals surface area contributed by atoms with Crippen molar-refractivity contribution >= 4 is 23.4 Å². The van der Waals surface area contributed by atoms with Gasteiger partial charge >= 0.3 is 6.09 Å². The number of thiocarbonyl (C=S) groups is 1. The van der Waals surface area contributed by atoms with E-state index in [4.69, 9.17) is 17.0 Å². The van der Waals surface area contributed by atoms with Crippen molar-refractivity contribution in [2.45, 2.75) is 25.8 Å². The molecule has 3 atom stereocenters. The fourth-order valence-electron chi connectivity index (χ4n) is 2.43. The van der Waals surface area contributed by atoms with Gasteiger partial charge in [0.2, 0.25) is 0 Å². The number of amides is 1. The Balaban J connectivity index is 1.68. The third-order valence-corrected chi connectivity index (χ3v) is 3.37. The molecule has 0 unspecified atom stereocenters. The van der Waals surface area contributed by atoms with E-state index in [0.29, 0.717) is 29.6 Å². The SMILES string of the molecule is CCOC(=O)NNC(=S)N[C@H]1C[C@H]2C=C[C@H]1C2. The number of rotatable bonds is 2. The quantitative estimate of drug-likeness (QED) is 0.391. The number of hydrogen-bond acceptors (Lipinski definition) is 3. The smallest absolute Gasteiger partial charge is 0.425 e. The van der Waals surface area contributed by atoms with Crippen LogP contribution in [0.5, 0.6) is 0 Å². The molecule has 0 saturated heterocycles. The van der Waals surface area contributed by atoms with E-state index in [1.165, 1.54) is 6.42 Å². The molecule has 2 aliphatic rings. The van der Waals surface area contributed by atoms with Crippen molar-refractivity contribution in [1.82, 2.24) is 16.2 Å². The molecule has 0 radical (unpaired) electrons. The molecular formula is C11H17N3O2S. The molecule has 6 heteroatoms. The fraction of sp³-hybridized carbons (Fsp3) is 0.636. The van der Waals surface area contributed by atoms with E-state index < -0.39 is 6.09 Å². The molecule has 1 fully saturated rings. The summed E-state index contributed by atoms with van der Waals surface area (Å²) in [7, 11) is 0. The highest BCUT2D eigenvalue weighted by atomic mass is 32.1. The second kappa shape index (κ2) is 5.35. The van der Waals surface area contributed by atoms with E-state index in [9.17, 15) is 4.79 Å². The first-order valence-corrected chi connectivity index (χ1v) is 6.27. The number of fused-ring (bicyclic) bond motifs is 2. The van der Waals surface area contributed by atoms with Crippen LogP contribution in [0.25, 0.3) is 0 Å². The summed E-state index contributed by atoms with van der Waals surface area (Å²) in [5.41, 5.74) is 4.99. The van der Waals surface area contributed by atoms with Crippen molar-refractivity contribution in [1.29, 1.82) is 0 Å². The van der Waals surface area contributed by atoms with Crippen molar-refractivity contribution in [3.05, 3.63) is 12.2 Å². The van der Waals surface area contributed by atoms with Gasteiger partial charge in [-0.15, -0.1) is 0 Å². The predicted molar refractivity (Wildman–Crippen MR) is 68.2 cm³/mol. The zero-order valence-electron chi connectivity index (χ0n) is 9.73. The Labute approximate surface area is 106 Å². The van der Waals surface area contributed by atoms with Gasteiger partial charge in [-0.3, -0.25) is 5.43 Å². The summed E-state index contributed by atoms with van der Waals surface area (Å²) in [4.78, 5) is 11.0. The lowest BCUT2D eigenvalue weighted by Gasteiger charge is -2.21. The molecule has 2 bridgehead atoms. The average Bonchev–Trinajstić information content (AvgIpc) is 2.88. The number of hydrogen-bond donors (Lipinski definition) is 3. The first-order valence-electron chi connectivity index (χ1n) is 5.86. The molecule has 17 heavy (non-hydrogen) atoms. The Kier molecular flexibility index (Phi) is 3.83. The number of carbonyl (C=O) groups excluding carboxylic acids is 1. The maximum absolute atomic E-state index is 11.0. The average molecular weight is 255 g/mol. The van der Waals surface area contributed by atoms with Gasteiger partial charge in [-0.05, 0) is 43.8 Å². The number of allylic oxidation sites excluding steroid dienone is 1. The molecule has 0 aromatic rings. The summed E-state index contributed by atoms with van der Waals surface area (Å²) in [6, 6.07) is 0.383. The van der Waals surface area contributed by atoms with Crippen LogP contribution < -0.4 is 16.2 Å². The minimum Gasteiger partial charge on any atom is -0.449 e. The third-order valence-electron chi connectivity index (χ3n) is 3.15. The molecule has 2 rings (SSSR count). The van der Waals surface area contributed by atoms with Gasteiger partial charge in [0.25, 0.3) is 0 Å². The molecule has 0 aromatic heterocycles. The van der Waals surface area contributed by atoms with Crippen LogP contribution in [-0.2, 0) is 4.74 Å². The molecule has 3 N–H and O–H groups in total. The van der Waals surface area contributed by atoms with E-state index in [-0.39, 0.29) is 0 Å². The van der Waals surface area contributed by atoms with Crippen LogP contribution in [0.2, 0.25) is 0 Å². The van der Waals surface area contributed by atoms with Crippen LogP contribution in [0.4, 0.5) is 4.79 Å². The molecule has 0 spiro atoms. The second-order valence-electron chi connectivity index (χ2n) is 4.33. The lowest BCUT2D eigenvalue weighted by molar-refractivity contribution is 0.150. The van der Waals surface area contributed by atoms with Gasteiger partial charge in [0.1, 0.15) is 0 Å². The second-order valence-corrected chi connectivity index (χ2v) is 4.74. The molecule has 2 aliphatic carbocycles. The maximum atomic E-state index is 11.0. The third kappa shape index (κ3) is 3.09. The van der Waals surface area contributed by atoms with Crippen LogP contribution >= 0.6 is 12.2 Å². The molecule has 0 aliphatic heterocycles. The van der Waals surface area contributed by atoms with E-state index in [0.717, 1.165) is 6.42 Å². The van der Waals surface area contributed by atoms with Crippen LogP contribution in [0, 0.1) is 11.8 Å². The molecule has 1 saturated carbocycles. The first kappa shape index (κ1) is 12.2. The van der Waals surface area contributed by atoms with Gasteiger partial charge in [0.15, 0.2) is 5.11 Å². The van der Waals surface area contributed by atoms with Crippen LogP contribution in [-0.4, -0.2) is 23.9 Å². The Morgan fingerprint density at radius 2 is 2.24 bits per heavy atom. The van der Waals surface area contributed by atoms with Gasteiger partial charge in [0, 0.05) is 6.04 Å². The minimum absolute atomic E-state index is 0.338. The summed E-state index contributed by atoms with van der Waals surface area (Å²) in [6.07, 6.45) is 6.32. The Morgan fingerprint density at radius 3 is 2.82 bits per heavy atom. The highest BCUT2D eigenvalue weighted by molar-refractivity contribution is 7.80. The highest BCUT2D eigenvalue weighted by Gasteiger charge is 2.35. The van der Waals surface area contributed by atoms with E-state index in [1.54, 1.807) is 6.92 Å². The summed E-state index contributed by atoms with van der Waals surface area (Å²) in [6.45, 7) is 2.09. The normalized spacial score (nSPS) is 28.9. The molecule has 94 valence electrons. The number of hydrazine groups is 1. The van der Waals surface area contributed by atoms with Gasteiger partial charge in [-0.1, -0.05) is 12.2 Å². The van der Waals surface area contributed by atoms with Crippen molar-refractivity contribution in [2.24, 2.45) is 11.8 Å². The molecule has 1 amide bonds. The summed E-state index contributed by atoms with van der Waals surface area (Å²) in [5.74, 6) is 1.26. The van der Waals surface area contributed by atoms with Gasteiger partial charge in [-0.2, -0.15) is 0 Å². The molecule has 0 aromatic carbocycles. The maximum Gasteiger partial charge on any atom is 0.425 e. The summed E-state index contributed by atoms with van der Waals surface area (Å²) < 4.78 is 4.70. The Morgan fingerprint density at radius 1 is 1.41 bits per heavy atom. The van der Waals surface area contributed by atoms with Crippen LogP contribution in [0.15, 0.2) is 12.2 Å². The summed E-state index contributed by atoms with van der Waals surface area (Å²) in [5, 5.41) is 3.64. The Bertz CT molecular complexity index is 346. The number of carbonyl (C=O) groups is 1. The topological polar surface area (TPSA) is 62.4 Å². The van der Waals surface area contributed by atoms with Crippen molar-refractivity contribution in [3.8, 4) is 0 Å². The number of ether oxygens (including phenoxy) is 1. The summed E-state index contributed by atoms with van der Waals surface area (Å²) >= 11 is 5.09. The van der Waals surface area contributed by atoms with Crippen LogP contribution in [0.1, 0.15) is 19.8 Å². The van der Waals surface area contributed by atoms with E-state index >= 15 is 0 Å². The minimum atomic E-state index is -0.524. The fourth-order valence-corrected chi connectivity index (χ4v) is 2.63. The lowest BCUT2D eigenvalue weighted by atomic mass is 10.0. The standard InChI is InChI=1S/C11H17N3O2S/c1-2-16-11(15)14-13-10(17)12-9-6-7-3-4-8(9)5-7/h3-4,7-9H,2,5-6H2,1H3,(H,14,15)(H2,12,13,17)/t7-,8-,9-/m0/s1. The van der Waals surface area contributed by atoms with Gasteiger partial charge < -0.3 is 10.1 Å². The predicted octanol–water partition coefficient (Wildman–Crippen LogP) is 1.08. The first-order chi connectivity index (χ1) is 8.19. The molecule has 5 nitrogen and oxygen atoms in total. The monoisotopic (exact) mass is 255 g/mol. The molecule has 0 heterocycles. The molecular weight excluding hydrogens is 238 g/mol.